The summed E-state index contributed by atoms with van der Waals surface area (Å²) in [6.45, 7) is 4.17. The highest BCUT2D eigenvalue weighted by molar-refractivity contribution is 6.18. The molecule has 0 spiro atoms. The van der Waals surface area contributed by atoms with Gasteiger partial charge in [-0.2, -0.15) is 0 Å². The molecule has 1 aromatic carbocycles. The molecule has 0 bridgehead atoms. The minimum Gasteiger partial charge on any atom is -0.253 e. The molecule has 2 aromatic rings. The van der Waals surface area contributed by atoms with Crippen LogP contribution in [0.2, 0.25) is 0 Å². The van der Waals surface area contributed by atoms with Gasteiger partial charge in [-0.15, -0.1) is 11.6 Å². The van der Waals surface area contributed by atoms with Crippen LogP contribution in [0.15, 0.2) is 24.3 Å². The highest BCUT2D eigenvalue weighted by Gasteiger charge is 2.05. The number of hydrogen-bond acceptors (Lipinski definition) is 1. The summed E-state index contributed by atoms with van der Waals surface area (Å²) in [5.74, 6) is 0.549. The van der Waals surface area contributed by atoms with Crippen LogP contribution in [-0.4, -0.2) is 4.98 Å². The Hall–Kier alpha value is -1.08. The summed E-state index contributed by atoms with van der Waals surface area (Å²) in [5, 5.41) is 1.19. The molecule has 78 valence electrons. The predicted octanol–water partition coefficient (Wildman–Crippen LogP) is 3.84. The number of halogens is 1. The number of benzene rings is 1. The molecule has 1 nitrogen and oxygen atoms in total. The third-order valence-corrected chi connectivity index (χ3v) is 2.95. The fraction of sp³-hybridized carbons (Fsp3) is 0.308. The first-order valence-corrected chi connectivity index (χ1v) is 5.73. The Labute approximate surface area is 95.1 Å². The van der Waals surface area contributed by atoms with E-state index in [9.17, 15) is 0 Å². The molecule has 0 saturated heterocycles. The van der Waals surface area contributed by atoms with Crippen LogP contribution in [0.5, 0.6) is 0 Å². The van der Waals surface area contributed by atoms with E-state index in [2.05, 4.69) is 36.2 Å². The predicted molar refractivity (Wildman–Crippen MR) is 65.4 cm³/mol. The first-order valence-electron chi connectivity index (χ1n) is 5.20. The van der Waals surface area contributed by atoms with Crippen molar-refractivity contribution in [1.29, 1.82) is 0 Å². The van der Waals surface area contributed by atoms with Crippen molar-refractivity contribution in [2.24, 2.45) is 0 Å². The number of aryl methyl sites for hydroxylation is 2. The van der Waals surface area contributed by atoms with Crippen molar-refractivity contribution in [2.45, 2.75) is 26.1 Å². The molecular weight excluding hydrogens is 206 g/mol. The zero-order chi connectivity index (χ0) is 10.8. The average molecular weight is 220 g/mol. The number of nitrogens with zero attached hydrogens (tertiary/aromatic N) is 1. The van der Waals surface area contributed by atoms with E-state index in [0.717, 1.165) is 17.6 Å². The van der Waals surface area contributed by atoms with Crippen molar-refractivity contribution in [3.8, 4) is 0 Å². The largest absolute Gasteiger partial charge is 0.253 e. The summed E-state index contributed by atoms with van der Waals surface area (Å²) in [5.41, 5.74) is 4.62. The second-order valence-electron chi connectivity index (χ2n) is 3.72. The third-order valence-electron chi connectivity index (χ3n) is 2.66. The van der Waals surface area contributed by atoms with E-state index >= 15 is 0 Å². The molecule has 0 aliphatic carbocycles. The van der Waals surface area contributed by atoms with Gasteiger partial charge in [-0.3, -0.25) is 4.98 Å². The molecule has 0 aliphatic heterocycles. The van der Waals surface area contributed by atoms with E-state index in [0.29, 0.717) is 5.88 Å². The Morgan fingerprint density at radius 3 is 2.73 bits per heavy atom. The molecule has 2 heteroatoms. The van der Waals surface area contributed by atoms with Crippen LogP contribution in [0.3, 0.4) is 0 Å². The second-order valence-corrected chi connectivity index (χ2v) is 3.99. The van der Waals surface area contributed by atoms with E-state index in [1.165, 1.54) is 16.5 Å². The van der Waals surface area contributed by atoms with Gasteiger partial charge in [0.25, 0.3) is 0 Å². The average Bonchev–Trinajstić information content (AvgIpc) is 2.27. The molecule has 0 saturated carbocycles. The quantitative estimate of drug-likeness (QED) is 0.700. The van der Waals surface area contributed by atoms with E-state index in [-0.39, 0.29) is 0 Å². The molecule has 1 heterocycles. The minimum absolute atomic E-state index is 0.549. The topological polar surface area (TPSA) is 12.9 Å². The number of rotatable bonds is 2. The van der Waals surface area contributed by atoms with Crippen molar-refractivity contribution in [3.05, 3.63) is 41.1 Å². The molecule has 0 radical (unpaired) electrons. The molecule has 0 unspecified atom stereocenters. The SMILES string of the molecule is CCc1cccc2c(CCl)cc(C)nc12. The number of hydrogen-bond donors (Lipinski definition) is 0. The smallest absolute Gasteiger partial charge is 0.0740 e. The van der Waals surface area contributed by atoms with Crippen LogP contribution >= 0.6 is 11.6 Å². The van der Waals surface area contributed by atoms with Crippen LogP contribution in [0.4, 0.5) is 0 Å². The molecule has 0 N–H and O–H groups in total. The molecule has 15 heavy (non-hydrogen) atoms. The second kappa shape index (κ2) is 4.19. The van der Waals surface area contributed by atoms with Gasteiger partial charge in [0.15, 0.2) is 0 Å². The molecule has 0 aliphatic rings. The summed E-state index contributed by atoms with van der Waals surface area (Å²) in [6, 6.07) is 8.37. The Bertz CT molecular complexity index is 491. The summed E-state index contributed by atoms with van der Waals surface area (Å²) < 4.78 is 0. The maximum Gasteiger partial charge on any atom is 0.0740 e. The fourth-order valence-corrected chi connectivity index (χ4v) is 2.14. The summed E-state index contributed by atoms with van der Waals surface area (Å²) >= 11 is 5.95. The Balaban J connectivity index is 2.82. The summed E-state index contributed by atoms with van der Waals surface area (Å²) in [4.78, 5) is 4.60. The van der Waals surface area contributed by atoms with Gasteiger partial charge in [0.05, 0.1) is 5.52 Å². The van der Waals surface area contributed by atoms with E-state index in [4.69, 9.17) is 11.6 Å². The van der Waals surface area contributed by atoms with Crippen molar-refractivity contribution >= 4 is 22.5 Å². The maximum atomic E-state index is 5.95. The lowest BCUT2D eigenvalue weighted by molar-refractivity contribution is 1.13. The summed E-state index contributed by atoms with van der Waals surface area (Å²) in [7, 11) is 0. The summed E-state index contributed by atoms with van der Waals surface area (Å²) in [6.07, 6.45) is 1.01. The van der Waals surface area contributed by atoms with Gasteiger partial charge in [0.1, 0.15) is 0 Å². The van der Waals surface area contributed by atoms with Gasteiger partial charge < -0.3 is 0 Å². The number of aromatic nitrogens is 1. The highest BCUT2D eigenvalue weighted by atomic mass is 35.5. The molecule has 0 amide bonds. The highest BCUT2D eigenvalue weighted by Crippen LogP contribution is 2.23. The lowest BCUT2D eigenvalue weighted by Crippen LogP contribution is -1.93. The monoisotopic (exact) mass is 219 g/mol. The molecule has 0 atom stereocenters. The number of fused-ring (bicyclic) bond motifs is 1. The zero-order valence-corrected chi connectivity index (χ0v) is 9.80. The van der Waals surface area contributed by atoms with Crippen LogP contribution in [0.1, 0.15) is 23.7 Å². The van der Waals surface area contributed by atoms with Crippen LogP contribution in [-0.2, 0) is 12.3 Å². The van der Waals surface area contributed by atoms with Gasteiger partial charge in [-0.25, -0.2) is 0 Å². The Morgan fingerprint density at radius 1 is 1.27 bits per heavy atom. The molecule has 2 rings (SSSR count). The first kappa shape index (κ1) is 10.4. The number of para-hydroxylation sites is 1. The standard InChI is InChI=1S/C13H14ClN/c1-3-10-5-4-6-12-11(8-14)7-9(2)15-13(10)12/h4-7H,3,8H2,1-2H3. The lowest BCUT2D eigenvalue weighted by atomic mass is 10.0. The lowest BCUT2D eigenvalue weighted by Gasteiger charge is -2.08. The fourth-order valence-electron chi connectivity index (χ4n) is 1.92. The molecule has 1 aromatic heterocycles. The van der Waals surface area contributed by atoms with Gasteiger partial charge in [0, 0.05) is 17.0 Å². The maximum absolute atomic E-state index is 5.95. The van der Waals surface area contributed by atoms with Crippen LogP contribution in [0, 0.1) is 6.92 Å². The minimum atomic E-state index is 0.549. The normalized spacial score (nSPS) is 10.9. The third kappa shape index (κ3) is 1.84. The Kier molecular flexibility index (Phi) is 2.92. The number of alkyl halides is 1. The Morgan fingerprint density at radius 2 is 2.07 bits per heavy atom. The molecular formula is C13H14ClN. The number of pyridine rings is 1. The zero-order valence-electron chi connectivity index (χ0n) is 9.05. The van der Waals surface area contributed by atoms with E-state index < -0.39 is 0 Å². The van der Waals surface area contributed by atoms with Gasteiger partial charge >= 0.3 is 0 Å². The van der Waals surface area contributed by atoms with Gasteiger partial charge in [0.2, 0.25) is 0 Å². The van der Waals surface area contributed by atoms with Crippen LogP contribution in [0.25, 0.3) is 10.9 Å². The van der Waals surface area contributed by atoms with Crippen LogP contribution < -0.4 is 0 Å². The van der Waals surface area contributed by atoms with Crippen molar-refractivity contribution in [1.82, 2.24) is 4.98 Å². The van der Waals surface area contributed by atoms with Gasteiger partial charge in [-0.05, 0) is 30.5 Å². The first-order chi connectivity index (χ1) is 7.26. The van der Waals surface area contributed by atoms with E-state index in [1.807, 2.05) is 6.92 Å². The van der Waals surface area contributed by atoms with Crippen molar-refractivity contribution in [3.63, 3.8) is 0 Å². The molecule has 0 fully saturated rings. The van der Waals surface area contributed by atoms with E-state index in [1.54, 1.807) is 0 Å². The van der Waals surface area contributed by atoms with Gasteiger partial charge in [-0.1, -0.05) is 25.1 Å². The van der Waals surface area contributed by atoms with Crippen molar-refractivity contribution < 1.29 is 0 Å². The van der Waals surface area contributed by atoms with Crippen molar-refractivity contribution in [2.75, 3.05) is 0 Å².